The largest absolute Gasteiger partial charge is 0.478 e. The van der Waals surface area contributed by atoms with Crippen LogP contribution in [-0.4, -0.2) is 21.0 Å². The summed E-state index contributed by atoms with van der Waals surface area (Å²) in [6, 6.07) is 7.68. The zero-order valence-corrected chi connectivity index (χ0v) is 10.3. The van der Waals surface area contributed by atoms with Crippen LogP contribution in [0.25, 0.3) is 0 Å². The molecule has 1 aromatic carbocycles. The molecule has 0 unspecified atom stereocenters. The van der Waals surface area contributed by atoms with Gasteiger partial charge in [-0.25, -0.2) is 4.79 Å². The Labute approximate surface area is 112 Å². The fraction of sp³-hybridized carbons (Fsp3) is 0. The first-order valence-corrected chi connectivity index (χ1v) is 5.99. The monoisotopic (exact) mass is 276 g/mol. The third-order valence-electron chi connectivity index (χ3n) is 2.29. The summed E-state index contributed by atoms with van der Waals surface area (Å²) in [5.74, 6) is -1.01. The van der Waals surface area contributed by atoms with Gasteiger partial charge in [-0.2, -0.15) is 0 Å². The zero-order chi connectivity index (χ0) is 13.8. The molecule has 0 aliphatic rings. The van der Waals surface area contributed by atoms with Gasteiger partial charge in [-0.1, -0.05) is 11.8 Å². The number of hydrogen-bond acceptors (Lipinski definition) is 5. The predicted octanol–water partition coefficient (Wildman–Crippen LogP) is 2.84. The minimum atomic E-state index is -1.01. The van der Waals surface area contributed by atoms with Crippen LogP contribution in [0.4, 0.5) is 5.69 Å². The lowest BCUT2D eigenvalue weighted by atomic mass is 10.2. The molecule has 1 heterocycles. The molecule has 19 heavy (non-hydrogen) atoms. The molecule has 6 nitrogen and oxygen atoms in total. The van der Waals surface area contributed by atoms with Gasteiger partial charge in [0.05, 0.1) is 15.4 Å². The maximum atomic E-state index is 10.8. The van der Waals surface area contributed by atoms with E-state index in [9.17, 15) is 14.9 Å². The first kappa shape index (κ1) is 13.0. The lowest BCUT2D eigenvalue weighted by Gasteiger charge is -2.02. The Morgan fingerprint density at radius 1 is 1.26 bits per heavy atom. The third kappa shape index (κ3) is 3.08. The van der Waals surface area contributed by atoms with E-state index in [1.165, 1.54) is 36.3 Å². The number of carboxylic acids is 1. The topological polar surface area (TPSA) is 93.3 Å². The van der Waals surface area contributed by atoms with E-state index in [1.54, 1.807) is 18.2 Å². The number of pyridine rings is 1. The van der Waals surface area contributed by atoms with Crippen molar-refractivity contribution in [3.63, 3.8) is 0 Å². The van der Waals surface area contributed by atoms with Gasteiger partial charge in [-0.15, -0.1) is 0 Å². The number of aromatic nitrogens is 1. The quantitative estimate of drug-likeness (QED) is 0.681. The molecule has 0 atom stereocenters. The Bertz CT molecular complexity index is 628. The van der Waals surface area contributed by atoms with Crippen molar-refractivity contribution in [2.45, 2.75) is 9.79 Å². The molecule has 0 aliphatic heterocycles. The average Bonchev–Trinajstić information content (AvgIpc) is 2.39. The van der Waals surface area contributed by atoms with E-state index in [0.29, 0.717) is 4.90 Å². The molecule has 7 heteroatoms. The van der Waals surface area contributed by atoms with Crippen molar-refractivity contribution in [3.05, 3.63) is 58.4 Å². The Hall–Kier alpha value is -2.41. The SMILES string of the molecule is O=C(O)c1ccc(Sc2ccncc2[N+](=O)[O-])cc1. The van der Waals surface area contributed by atoms with Crippen LogP contribution in [0.2, 0.25) is 0 Å². The van der Waals surface area contributed by atoms with Crippen LogP contribution in [0, 0.1) is 10.1 Å². The maximum absolute atomic E-state index is 10.8. The fourth-order valence-corrected chi connectivity index (χ4v) is 2.28. The van der Waals surface area contributed by atoms with Crippen molar-refractivity contribution < 1.29 is 14.8 Å². The van der Waals surface area contributed by atoms with Crippen LogP contribution in [0.1, 0.15) is 10.4 Å². The number of carbonyl (C=O) groups is 1. The molecule has 0 saturated heterocycles. The lowest BCUT2D eigenvalue weighted by Crippen LogP contribution is -1.95. The predicted molar refractivity (Wildman–Crippen MR) is 68.4 cm³/mol. The minimum Gasteiger partial charge on any atom is -0.478 e. The number of benzene rings is 1. The highest BCUT2D eigenvalue weighted by Gasteiger charge is 2.14. The molecule has 0 spiro atoms. The summed E-state index contributed by atoms with van der Waals surface area (Å²) in [7, 11) is 0. The summed E-state index contributed by atoms with van der Waals surface area (Å²) < 4.78 is 0. The summed E-state index contributed by atoms with van der Waals surface area (Å²) in [6.45, 7) is 0. The van der Waals surface area contributed by atoms with Gasteiger partial charge in [0, 0.05) is 11.1 Å². The molecule has 2 aromatic rings. The van der Waals surface area contributed by atoms with Gasteiger partial charge in [-0.3, -0.25) is 15.1 Å². The molecule has 1 aromatic heterocycles. The van der Waals surface area contributed by atoms with Crippen LogP contribution in [-0.2, 0) is 0 Å². The van der Waals surface area contributed by atoms with Crippen molar-refractivity contribution in [3.8, 4) is 0 Å². The van der Waals surface area contributed by atoms with E-state index in [0.717, 1.165) is 4.90 Å². The second-order valence-corrected chi connectivity index (χ2v) is 4.65. The second-order valence-electron chi connectivity index (χ2n) is 3.53. The van der Waals surface area contributed by atoms with Crippen molar-refractivity contribution >= 4 is 23.4 Å². The van der Waals surface area contributed by atoms with Crippen molar-refractivity contribution in [1.29, 1.82) is 0 Å². The second kappa shape index (κ2) is 5.49. The van der Waals surface area contributed by atoms with Crippen molar-refractivity contribution in [2.75, 3.05) is 0 Å². The highest BCUT2D eigenvalue weighted by Crippen LogP contribution is 2.33. The molecule has 1 N–H and O–H groups in total. The molecule has 0 bridgehead atoms. The first-order chi connectivity index (χ1) is 9.08. The average molecular weight is 276 g/mol. The van der Waals surface area contributed by atoms with Gasteiger partial charge in [0.15, 0.2) is 0 Å². The molecular weight excluding hydrogens is 268 g/mol. The number of aromatic carboxylic acids is 1. The van der Waals surface area contributed by atoms with Gasteiger partial charge in [-0.05, 0) is 30.3 Å². The molecule has 2 rings (SSSR count). The van der Waals surface area contributed by atoms with Crippen molar-refractivity contribution in [1.82, 2.24) is 4.98 Å². The van der Waals surface area contributed by atoms with E-state index in [2.05, 4.69) is 4.98 Å². The van der Waals surface area contributed by atoms with Crippen LogP contribution in [0.5, 0.6) is 0 Å². The van der Waals surface area contributed by atoms with Gasteiger partial charge < -0.3 is 5.11 Å². The first-order valence-electron chi connectivity index (χ1n) is 5.17. The summed E-state index contributed by atoms with van der Waals surface area (Å²) >= 11 is 1.19. The summed E-state index contributed by atoms with van der Waals surface area (Å²) in [6.07, 6.45) is 2.66. The Morgan fingerprint density at radius 3 is 2.53 bits per heavy atom. The number of hydrogen-bond donors (Lipinski definition) is 1. The lowest BCUT2D eigenvalue weighted by molar-refractivity contribution is -0.388. The molecule has 96 valence electrons. The number of rotatable bonds is 4. The van der Waals surface area contributed by atoms with E-state index >= 15 is 0 Å². The van der Waals surface area contributed by atoms with Gasteiger partial charge >= 0.3 is 11.7 Å². The van der Waals surface area contributed by atoms with Crippen LogP contribution < -0.4 is 0 Å². The minimum absolute atomic E-state index is 0.0742. The number of carboxylic acid groups (broad SMARTS) is 1. The fourth-order valence-electron chi connectivity index (χ4n) is 1.39. The van der Waals surface area contributed by atoms with Gasteiger partial charge in [0.25, 0.3) is 0 Å². The molecule has 0 saturated carbocycles. The Morgan fingerprint density at radius 2 is 1.95 bits per heavy atom. The van der Waals surface area contributed by atoms with Crippen molar-refractivity contribution in [2.24, 2.45) is 0 Å². The zero-order valence-electron chi connectivity index (χ0n) is 9.52. The molecule has 0 aliphatic carbocycles. The highest BCUT2D eigenvalue weighted by molar-refractivity contribution is 7.99. The summed E-state index contributed by atoms with van der Waals surface area (Å²) in [5.41, 5.74) is 0.100. The van der Waals surface area contributed by atoms with Gasteiger partial charge in [0.1, 0.15) is 6.20 Å². The smallest absolute Gasteiger partial charge is 0.335 e. The number of nitro groups is 1. The summed E-state index contributed by atoms with van der Waals surface area (Å²) in [5, 5.41) is 19.6. The van der Waals surface area contributed by atoms with Gasteiger partial charge in [0.2, 0.25) is 0 Å². The molecular formula is C12H8N2O4S. The number of nitrogens with zero attached hydrogens (tertiary/aromatic N) is 2. The van der Waals surface area contributed by atoms with Crippen LogP contribution in [0.3, 0.4) is 0 Å². The summed E-state index contributed by atoms with van der Waals surface area (Å²) in [4.78, 5) is 25.9. The van der Waals surface area contributed by atoms with E-state index in [-0.39, 0.29) is 11.3 Å². The van der Waals surface area contributed by atoms with E-state index < -0.39 is 10.9 Å². The normalized spacial score (nSPS) is 10.1. The van der Waals surface area contributed by atoms with E-state index in [4.69, 9.17) is 5.11 Å². The maximum Gasteiger partial charge on any atom is 0.335 e. The molecule has 0 amide bonds. The van der Waals surface area contributed by atoms with E-state index in [1.807, 2.05) is 0 Å². The highest BCUT2D eigenvalue weighted by atomic mass is 32.2. The Balaban J connectivity index is 2.26. The third-order valence-corrected chi connectivity index (χ3v) is 3.36. The standard InChI is InChI=1S/C12H8N2O4S/c15-12(16)8-1-3-9(4-2-8)19-11-5-6-13-7-10(11)14(17)18/h1-7H,(H,15,16). The molecule has 0 radical (unpaired) electrons. The molecule has 0 fully saturated rings. The van der Waals surface area contributed by atoms with Crippen LogP contribution in [0.15, 0.2) is 52.5 Å². The Kier molecular flexibility index (Phi) is 3.76. The van der Waals surface area contributed by atoms with Crippen LogP contribution >= 0.6 is 11.8 Å².